The standard InChI is InChI=1S/C41H66O5/c1-25(2)26-15-20-41(31-24-44-31)22-21-39(11)27(33(26)41)13-14-29-38(10)18-17-30(37(8,9)28(38)16-19-40(29,39)12)45-32(42)23-36(6,7)34(43)46-35(3,4)5/h25,27-31H,13-24H2,1-12H3/t27-,28+,29-,30+,31?,38+,39-,40-,41-/m1/s1. The molecule has 0 spiro atoms. The van der Waals surface area contributed by atoms with Gasteiger partial charge < -0.3 is 14.2 Å². The number of hydrogen-bond donors (Lipinski definition) is 0. The van der Waals surface area contributed by atoms with Crippen molar-refractivity contribution < 1.29 is 23.8 Å². The molecular formula is C41H66O5. The first-order valence-electron chi connectivity index (χ1n) is 18.9. The zero-order chi connectivity index (χ0) is 33.9. The fourth-order valence-corrected chi connectivity index (χ4v) is 12.8. The molecule has 0 aromatic carbocycles. The van der Waals surface area contributed by atoms with Crippen LogP contribution in [0.1, 0.15) is 154 Å². The molecule has 0 amide bonds. The van der Waals surface area contributed by atoms with Crippen LogP contribution in [0, 0.1) is 56.2 Å². The Bertz CT molecular complexity index is 1280. The van der Waals surface area contributed by atoms with Gasteiger partial charge in [0.1, 0.15) is 11.7 Å². The molecule has 6 rings (SSSR count). The second-order valence-electron chi connectivity index (χ2n) is 20.1. The number of allylic oxidation sites excluding steroid dienone is 1. The first kappa shape index (κ1) is 34.5. The van der Waals surface area contributed by atoms with E-state index < -0.39 is 11.0 Å². The molecule has 46 heavy (non-hydrogen) atoms. The molecule has 4 saturated carbocycles. The predicted molar refractivity (Wildman–Crippen MR) is 183 cm³/mol. The molecule has 0 bridgehead atoms. The topological polar surface area (TPSA) is 65.1 Å². The molecule has 6 aliphatic rings. The number of carbonyl (C=O) groups excluding carboxylic acids is 2. The summed E-state index contributed by atoms with van der Waals surface area (Å²) in [6.45, 7) is 27.8. The molecule has 0 aromatic heterocycles. The van der Waals surface area contributed by atoms with Crippen molar-refractivity contribution in [3.8, 4) is 0 Å². The third-order valence-corrected chi connectivity index (χ3v) is 15.4. The van der Waals surface area contributed by atoms with Crippen molar-refractivity contribution in [3.63, 3.8) is 0 Å². The highest BCUT2D eigenvalue weighted by atomic mass is 16.6. The highest BCUT2D eigenvalue weighted by Gasteiger charge is 2.71. The van der Waals surface area contributed by atoms with E-state index >= 15 is 0 Å². The van der Waals surface area contributed by atoms with Crippen molar-refractivity contribution in [2.75, 3.05) is 6.61 Å². The number of esters is 2. The summed E-state index contributed by atoms with van der Waals surface area (Å²) in [4.78, 5) is 26.3. The fourth-order valence-electron chi connectivity index (χ4n) is 12.8. The van der Waals surface area contributed by atoms with Crippen molar-refractivity contribution in [1.29, 1.82) is 0 Å². The maximum Gasteiger partial charge on any atom is 0.312 e. The Hall–Kier alpha value is -1.36. The van der Waals surface area contributed by atoms with Crippen molar-refractivity contribution >= 4 is 11.9 Å². The number of ether oxygens (including phenoxy) is 3. The van der Waals surface area contributed by atoms with Gasteiger partial charge in [0.05, 0.1) is 24.5 Å². The van der Waals surface area contributed by atoms with Crippen LogP contribution >= 0.6 is 0 Å². The van der Waals surface area contributed by atoms with Gasteiger partial charge in [0.2, 0.25) is 0 Å². The zero-order valence-corrected chi connectivity index (χ0v) is 31.5. The van der Waals surface area contributed by atoms with E-state index in [4.69, 9.17) is 14.2 Å². The monoisotopic (exact) mass is 638 g/mol. The van der Waals surface area contributed by atoms with Crippen molar-refractivity contribution in [2.24, 2.45) is 56.2 Å². The van der Waals surface area contributed by atoms with Crippen LogP contribution in [-0.4, -0.2) is 36.4 Å². The lowest BCUT2D eigenvalue weighted by Gasteiger charge is -2.72. The summed E-state index contributed by atoms with van der Waals surface area (Å²) in [7, 11) is 0. The third kappa shape index (κ3) is 5.08. The second kappa shape index (κ2) is 10.8. The minimum absolute atomic E-state index is 0.0402. The molecule has 0 radical (unpaired) electrons. The lowest BCUT2D eigenvalue weighted by atomic mass is 9.33. The molecule has 1 unspecified atom stereocenters. The van der Waals surface area contributed by atoms with Gasteiger partial charge in [-0.25, -0.2) is 0 Å². The molecule has 0 N–H and O–H groups in total. The summed E-state index contributed by atoms with van der Waals surface area (Å²) in [5.41, 5.74) is 3.17. The lowest BCUT2D eigenvalue weighted by molar-refractivity contribution is -0.234. The molecule has 1 aliphatic heterocycles. The van der Waals surface area contributed by atoms with Gasteiger partial charge in [-0.15, -0.1) is 0 Å². The molecular weight excluding hydrogens is 572 g/mol. The van der Waals surface area contributed by atoms with E-state index in [1.807, 2.05) is 26.3 Å². The van der Waals surface area contributed by atoms with E-state index in [0.29, 0.717) is 46.0 Å². The van der Waals surface area contributed by atoms with E-state index in [1.54, 1.807) is 19.4 Å². The first-order valence-corrected chi connectivity index (χ1v) is 18.9. The number of epoxide rings is 1. The maximum absolute atomic E-state index is 13.4. The van der Waals surface area contributed by atoms with Crippen LogP contribution in [-0.2, 0) is 23.8 Å². The Morgan fingerprint density at radius 3 is 2.13 bits per heavy atom. The summed E-state index contributed by atoms with van der Waals surface area (Å²) >= 11 is 0. The largest absolute Gasteiger partial charge is 0.462 e. The summed E-state index contributed by atoms with van der Waals surface area (Å²) in [5, 5.41) is 0. The van der Waals surface area contributed by atoms with Gasteiger partial charge in [0, 0.05) is 10.8 Å². The molecule has 5 nitrogen and oxygen atoms in total. The molecule has 5 heteroatoms. The molecule has 260 valence electrons. The molecule has 5 fully saturated rings. The summed E-state index contributed by atoms with van der Waals surface area (Å²) in [6, 6.07) is 0. The number of rotatable bonds is 6. The van der Waals surface area contributed by atoms with E-state index in [0.717, 1.165) is 19.4 Å². The normalized spacial score (nSPS) is 43.3. The van der Waals surface area contributed by atoms with Crippen LogP contribution < -0.4 is 0 Å². The van der Waals surface area contributed by atoms with E-state index in [-0.39, 0.29) is 35.3 Å². The lowest BCUT2D eigenvalue weighted by Crippen LogP contribution is -2.66. The third-order valence-electron chi connectivity index (χ3n) is 15.4. The Kier molecular flexibility index (Phi) is 8.11. The van der Waals surface area contributed by atoms with Gasteiger partial charge >= 0.3 is 11.9 Å². The first-order chi connectivity index (χ1) is 21.1. The number of fused-ring (bicyclic) bond motifs is 7. The Morgan fingerprint density at radius 1 is 0.848 bits per heavy atom. The van der Waals surface area contributed by atoms with Gasteiger partial charge in [0.25, 0.3) is 0 Å². The Balaban J connectivity index is 1.22. The van der Waals surface area contributed by atoms with Crippen LogP contribution in [0.15, 0.2) is 11.1 Å². The smallest absolute Gasteiger partial charge is 0.312 e. The van der Waals surface area contributed by atoms with Gasteiger partial charge in [-0.3, -0.25) is 9.59 Å². The average molecular weight is 639 g/mol. The van der Waals surface area contributed by atoms with E-state index in [9.17, 15) is 9.59 Å². The molecule has 5 aliphatic carbocycles. The Morgan fingerprint density at radius 2 is 1.52 bits per heavy atom. The predicted octanol–water partition coefficient (Wildman–Crippen LogP) is 9.86. The van der Waals surface area contributed by atoms with Crippen LogP contribution in [0.4, 0.5) is 0 Å². The summed E-state index contributed by atoms with van der Waals surface area (Å²) in [6.07, 6.45) is 12.7. The fraction of sp³-hybridized carbons (Fsp3) is 0.902. The van der Waals surface area contributed by atoms with Crippen LogP contribution in [0.25, 0.3) is 0 Å². The molecule has 0 aromatic rings. The van der Waals surface area contributed by atoms with Crippen molar-refractivity contribution in [1.82, 2.24) is 0 Å². The minimum Gasteiger partial charge on any atom is -0.462 e. The highest BCUT2D eigenvalue weighted by molar-refractivity contribution is 5.83. The molecule has 1 heterocycles. The number of hydrogen-bond acceptors (Lipinski definition) is 5. The zero-order valence-electron chi connectivity index (χ0n) is 31.5. The minimum atomic E-state index is -0.925. The van der Waals surface area contributed by atoms with Gasteiger partial charge in [-0.1, -0.05) is 59.6 Å². The van der Waals surface area contributed by atoms with Crippen LogP contribution in [0.3, 0.4) is 0 Å². The maximum atomic E-state index is 13.4. The van der Waals surface area contributed by atoms with Crippen molar-refractivity contribution in [3.05, 3.63) is 11.1 Å². The van der Waals surface area contributed by atoms with Gasteiger partial charge in [-0.2, -0.15) is 0 Å². The SMILES string of the molecule is CC(C)C1=C2[C@H]3CC[C@@H]4[C@@]5(C)CC[C@H](OC(=O)CC(C)(C)C(=O)OC(C)(C)C)C(C)(C)[C@@H]5CC[C@@]4(C)[C@]3(C)CC[C@@]2(C2CO2)CC1. The average Bonchev–Trinajstić information content (AvgIpc) is 3.70. The van der Waals surface area contributed by atoms with Crippen LogP contribution in [0.2, 0.25) is 0 Å². The molecule has 9 atom stereocenters. The van der Waals surface area contributed by atoms with E-state index in [2.05, 4.69) is 48.5 Å². The van der Waals surface area contributed by atoms with Crippen LogP contribution in [0.5, 0.6) is 0 Å². The quantitative estimate of drug-likeness (QED) is 0.165. The van der Waals surface area contributed by atoms with Gasteiger partial charge in [0.15, 0.2) is 0 Å². The Labute approximate surface area is 280 Å². The highest BCUT2D eigenvalue weighted by Crippen LogP contribution is 2.77. The summed E-state index contributed by atoms with van der Waals surface area (Å²) in [5.74, 6) is 1.87. The molecule has 1 saturated heterocycles. The van der Waals surface area contributed by atoms with Crippen molar-refractivity contribution in [2.45, 2.75) is 172 Å². The number of carbonyl (C=O) groups is 2. The van der Waals surface area contributed by atoms with E-state index in [1.165, 1.54) is 51.4 Å². The summed E-state index contributed by atoms with van der Waals surface area (Å²) < 4.78 is 18.1. The second-order valence-corrected chi connectivity index (χ2v) is 20.1. The van der Waals surface area contributed by atoms with Gasteiger partial charge in [-0.05, 0) is 139 Å².